The maximum atomic E-state index is 6.26. The quantitative estimate of drug-likeness (QED) is 0.201. The van der Waals surface area contributed by atoms with Crippen LogP contribution in [0.2, 0.25) is 0 Å². The van der Waals surface area contributed by atoms with Gasteiger partial charge in [-0.25, -0.2) is 0 Å². The summed E-state index contributed by atoms with van der Waals surface area (Å²) in [5.74, 6) is 0. The van der Waals surface area contributed by atoms with Crippen LogP contribution in [0, 0.1) is 0 Å². The van der Waals surface area contributed by atoms with E-state index in [-0.39, 0.29) is 0 Å². The molecule has 9 rings (SSSR count). The average Bonchev–Trinajstić information content (AvgIpc) is 3.46. The van der Waals surface area contributed by atoms with Crippen molar-refractivity contribution < 1.29 is 4.42 Å². The van der Waals surface area contributed by atoms with Crippen molar-refractivity contribution in [2.75, 3.05) is 0 Å². The first-order chi connectivity index (χ1) is 21.3. The van der Waals surface area contributed by atoms with E-state index in [1.165, 1.54) is 65.7 Å². The van der Waals surface area contributed by atoms with Crippen molar-refractivity contribution in [1.29, 1.82) is 0 Å². The van der Waals surface area contributed by atoms with Crippen LogP contribution in [0.15, 0.2) is 162 Å². The third-order valence-electron chi connectivity index (χ3n) is 8.84. The second kappa shape index (κ2) is 9.44. The van der Waals surface area contributed by atoms with Crippen molar-refractivity contribution in [3.05, 3.63) is 158 Å². The first-order valence-corrected chi connectivity index (χ1v) is 14.8. The molecule has 43 heavy (non-hydrogen) atoms. The van der Waals surface area contributed by atoms with Gasteiger partial charge in [-0.15, -0.1) is 0 Å². The number of fused-ring (bicyclic) bond motifs is 6. The Labute approximate surface area is 249 Å². The van der Waals surface area contributed by atoms with Crippen molar-refractivity contribution in [2.24, 2.45) is 0 Å². The monoisotopic (exact) mass is 546 g/mol. The molecule has 0 aliphatic rings. The topological polar surface area (TPSA) is 13.1 Å². The minimum atomic E-state index is 0.914. The van der Waals surface area contributed by atoms with Gasteiger partial charge in [0.2, 0.25) is 0 Å². The largest absolute Gasteiger partial charge is 0.456 e. The van der Waals surface area contributed by atoms with Crippen LogP contribution in [0.25, 0.3) is 87.6 Å². The predicted octanol–water partition coefficient (Wildman–Crippen LogP) is 12.0. The fourth-order valence-electron chi connectivity index (χ4n) is 6.93. The summed E-state index contributed by atoms with van der Waals surface area (Å²) in [6, 6.07) is 56.9. The smallest absolute Gasteiger partial charge is 0.136 e. The maximum Gasteiger partial charge on any atom is 0.136 e. The standard InChI is InChI=1S/C42H26O/c1-2-12-28(13-3-1)40-33-15-6-7-16-34(33)41(31-22-21-27-11-4-5-14-29(27)25-31)35-24-23-30(26-37(35)40)32-18-10-20-39-42(32)36-17-8-9-19-38(36)43-39/h1-26H. The zero-order valence-corrected chi connectivity index (χ0v) is 23.4. The Morgan fingerprint density at radius 2 is 0.953 bits per heavy atom. The fourth-order valence-corrected chi connectivity index (χ4v) is 6.93. The molecule has 1 heterocycles. The Morgan fingerprint density at radius 1 is 0.326 bits per heavy atom. The molecule has 0 saturated heterocycles. The van der Waals surface area contributed by atoms with Gasteiger partial charge in [-0.3, -0.25) is 0 Å². The van der Waals surface area contributed by atoms with Crippen molar-refractivity contribution in [2.45, 2.75) is 0 Å². The van der Waals surface area contributed by atoms with Crippen molar-refractivity contribution in [3.8, 4) is 33.4 Å². The fraction of sp³-hybridized carbons (Fsp3) is 0. The second-order valence-corrected chi connectivity index (χ2v) is 11.3. The lowest BCUT2D eigenvalue weighted by atomic mass is 9.84. The molecule has 8 aromatic carbocycles. The SMILES string of the molecule is c1ccc(-c2c3ccccc3c(-c3ccc4ccccc4c3)c3ccc(-c4cccc5oc6ccccc6c45)cc23)cc1. The summed E-state index contributed by atoms with van der Waals surface area (Å²) in [4.78, 5) is 0. The van der Waals surface area contributed by atoms with Gasteiger partial charge in [-0.1, -0.05) is 133 Å². The summed E-state index contributed by atoms with van der Waals surface area (Å²) in [5, 5.41) is 9.83. The van der Waals surface area contributed by atoms with E-state index < -0.39 is 0 Å². The van der Waals surface area contributed by atoms with E-state index in [2.05, 4.69) is 152 Å². The summed E-state index contributed by atoms with van der Waals surface area (Å²) in [5.41, 5.74) is 9.19. The van der Waals surface area contributed by atoms with E-state index in [0.29, 0.717) is 0 Å². The van der Waals surface area contributed by atoms with Gasteiger partial charge in [0.25, 0.3) is 0 Å². The molecule has 0 atom stereocenters. The first-order valence-electron chi connectivity index (χ1n) is 14.8. The highest BCUT2D eigenvalue weighted by Gasteiger charge is 2.19. The van der Waals surface area contributed by atoms with Crippen molar-refractivity contribution in [1.82, 2.24) is 0 Å². The van der Waals surface area contributed by atoms with Crippen LogP contribution < -0.4 is 0 Å². The molecule has 0 unspecified atom stereocenters. The molecule has 0 fully saturated rings. The zero-order chi connectivity index (χ0) is 28.3. The van der Waals surface area contributed by atoms with Crippen molar-refractivity contribution in [3.63, 3.8) is 0 Å². The van der Waals surface area contributed by atoms with Crippen LogP contribution in [0.3, 0.4) is 0 Å². The Hall–Kier alpha value is -5.66. The van der Waals surface area contributed by atoms with Gasteiger partial charge in [0, 0.05) is 10.8 Å². The molecule has 1 aromatic heterocycles. The van der Waals surface area contributed by atoms with Crippen LogP contribution in [0.1, 0.15) is 0 Å². The van der Waals surface area contributed by atoms with Gasteiger partial charge in [-0.05, 0) is 90.0 Å². The number of furan rings is 1. The molecule has 0 saturated carbocycles. The summed E-state index contributed by atoms with van der Waals surface area (Å²) in [7, 11) is 0. The average molecular weight is 547 g/mol. The van der Waals surface area contributed by atoms with E-state index in [9.17, 15) is 0 Å². The lowest BCUT2D eigenvalue weighted by Crippen LogP contribution is -1.92. The Kier molecular flexibility index (Phi) is 5.27. The molecule has 0 N–H and O–H groups in total. The van der Waals surface area contributed by atoms with Gasteiger partial charge in [0.1, 0.15) is 11.2 Å². The summed E-state index contributed by atoms with van der Waals surface area (Å²) < 4.78 is 6.26. The number of benzene rings is 8. The van der Waals surface area contributed by atoms with E-state index in [4.69, 9.17) is 4.42 Å². The second-order valence-electron chi connectivity index (χ2n) is 11.3. The van der Waals surface area contributed by atoms with E-state index >= 15 is 0 Å². The van der Waals surface area contributed by atoms with Gasteiger partial charge in [0.05, 0.1) is 0 Å². The van der Waals surface area contributed by atoms with E-state index in [0.717, 1.165) is 21.9 Å². The van der Waals surface area contributed by atoms with E-state index in [1.54, 1.807) is 0 Å². The highest BCUT2D eigenvalue weighted by atomic mass is 16.3. The van der Waals surface area contributed by atoms with Crippen LogP contribution in [-0.2, 0) is 0 Å². The number of hydrogen-bond donors (Lipinski definition) is 0. The Bertz CT molecular complexity index is 2500. The first kappa shape index (κ1) is 24.0. The molecule has 0 aliphatic carbocycles. The lowest BCUT2D eigenvalue weighted by Gasteiger charge is -2.19. The molecule has 1 heteroatoms. The highest BCUT2D eigenvalue weighted by Crippen LogP contribution is 2.46. The minimum absolute atomic E-state index is 0.914. The number of rotatable bonds is 3. The predicted molar refractivity (Wildman–Crippen MR) is 183 cm³/mol. The normalized spacial score (nSPS) is 11.7. The molecule has 1 nitrogen and oxygen atoms in total. The van der Waals surface area contributed by atoms with Crippen LogP contribution in [0.4, 0.5) is 0 Å². The third kappa shape index (κ3) is 3.72. The number of hydrogen-bond acceptors (Lipinski definition) is 1. The Morgan fingerprint density at radius 3 is 1.79 bits per heavy atom. The summed E-state index contributed by atoms with van der Waals surface area (Å²) in [6.45, 7) is 0. The minimum Gasteiger partial charge on any atom is -0.456 e. The van der Waals surface area contributed by atoms with Gasteiger partial charge in [-0.2, -0.15) is 0 Å². The molecular formula is C42H26O. The van der Waals surface area contributed by atoms with Crippen molar-refractivity contribution >= 4 is 54.3 Å². The van der Waals surface area contributed by atoms with Gasteiger partial charge >= 0.3 is 0 Å². The summed E-state index contributed by atoms with van der Waals surface area (Å²) in [6.07, 6.45) is 0. The van der Waals surface area contributed by atoms with Crippen LogP contribution >= 0.6 is 0 Å². The molecule has 0 spiro atoms. The third-order valence-corrected chi connectivity index (χ3v) is 8.84. The molecule has 200 valence electrons. The molecule has 0 radical (unpaired) electrons. The molecule has 0 bridgehead atoms. The van der Waals surface area contributed by atoms with E-state index in [1.807, 2.05) is 6.07 Å². The molecule has 0 amide bonds. The molecular weight excluding hydrogens is 520 g/mol. The summed E-state index contributed by atoms with van der Waals surface area (Å²) >= 11 is 0. The number of para-hydroxylation sites is 1. The molecule has 0 aliphatic heterocycles. The van der Waals surface area contributed by atoms with Gasteiger partial charge in [0.15, 0.2) is 0 Å². The van der Waals surface area contributed by atoms with Crippen LogP contribution in [0.5, 0.6) is 0 Å². The highest BCUT2D eigenvalue weighted by molar-refractivity contribution is 6.23. The zero-order valence-electron chi connectivity index (χ0n) is 23.4. The van der Waals surface area contributed by atoms with Crippen LogP contribution in [-0.4, -0.2) is 0 Å². The maximum absolute atomic E-state index is 6.26. The molecule has 9 aromatic rings. The Balaban J connectivity index is 1.42. The van der Waals surface area contributed by atoms with Gasteiger partial charge < -0.3 is 4.42 Å². The lowest BCUT2D eigenvalue weighted by molar-refractivity contribution is 0.669.